The molecule has 0 fully saturated rings. The first-order valence-electron chi connectivity index (χ1n) is 8.62. The van der Waals surface area contributed by atoms with E-state index in [1.807, 2.05) is 12.3 Å². The van der Waals surface area contributed by atoms with Crippen molar-refractivity contribution in [3.8, 4) is 11.3 Å². The minimum atomic E-state index is 0.157. The number of nitrogens with one attached hydrogen (secondary N) is 1. The first-order valence-corrected chi connectivity index (χ1v) is 8.62. The molecule has 0 spiro atoms. The molecule has 3 heterocycles. The van der Waals surface area contributed by atoms with Crippen LogP contribution in [0.5, 0.6) is 0 Å². The van der Waals surface area contributed by atoms with Crippen LogP contribution in [-0.2, 0) is 24.4 Å². The van der Waals surface area contributed by atoms with Crippen LogP contribution in [0.4, 0.5) is 0 Å². The van der Waals surface area contributed by atoms with E-state index in [-0.39, 0.29) is 6.10 Å². The average Bonchev–Trinajstić information content (AvgIpc) is 3.06. The van der Waals surface area contributed by atoms with Gasteiger partial charge in [0, 0.05) is 37.2 Å². The highest BCUT2D eigenvalue weighted by molar-refractivity contribution is 5.59. The van der Waals surface area contributed by atoms with Gasteiger partial charge in [0.25, 0.3) is 0 Å². The van der Waals surface area contributed by atoms with Crippen molar-refractivity contribution in [2.24, 2.45) is 0 Å². The van der Waals surface area contributed by atoms with Crippen molar-refractivity contribution >= 4 is 0 Å². The Hall–Kier alpha value is -2.50. The number of aryl methyl sites for hydroxylation is 1. The van der Waals surface area contributed by atoms with Crippen LogP contribution in [0.1, 0.15) is 17.0 Å². The molecule has 1 aromatic carbocycles. The van der Waals surface area contributed by atoms with E-state index in [9.17, 15) is 0 Å². The summed E-state index contributed by atoms with van der Waals surface area (Å²) in [6.07, 6.45) is 5.97. The lowest BCUT2D eigenvalue weighted by molar-refractivity contribution is 0.00278. The zero-order valence-corrected chi connectivity index (χ0v) is 14.4. The Morgan fingerprint density at radius 1 is 1.24 bits per heavy atom. The monoisotopic (exact) mass is 334 g/mol. The minimum absolute atomic E-state index is 0.157. The molecular formula is C20H22N4O. The normalized spacial score (nSPS) is 16.6. The van der Waals surface area contributed by atoms with Gasteiger partial charge in [0.05, 0.1) is 18.3 Å². The molecule has 0 unspecified atom stereocenters. The lowest BCUT2D eigenvalue weighted by Gasteiger charge is -2.24. The van der Waals surface area contributed by atoms with Crippen molar-refractivity contribution < 1.29 is 4.74 Å². The quantitative estimate of drug-likeness (QED) is 0.779. The van der Waals surface area contributed by atoms with Gasteiger partial charge in [-0.25, -0.2) is 4.98 Å². The third-order valence-corrected chi connectivity index (χ3v) is 4.48. The molecule has 1 atom stereocenters. The Balaban J connectivity index is 1.37. The van der Waals surface area contributed by atoms with Gasteiger partial charge in [0.1, 0.15) is 12.4 Å². The van der Waals surface area contributed by atoms with Gasteiger partial charge in [0.2, 0.25) is 0 Å². The fourth-order valence-electron chi connectivity index (χ4n) is 3.06. The molecule has 1 aliphatic rings. The molecular weight excluding hydrogens is 312 g/mol. The number of pyridine rings is 1. The molecule has 0 radical (unpaired) electrons. The standard InChI is InChI=1S/C20H22N4O/c1-15-4-6-17(7-5-15)19-13-24-12-18(25-14-20(24)23-19)11-22-10-16-3-2-8-21-9-16/h2-9,13,18,22H,10-12,14H2,1H3/t18-/m0/s1. The summed E-state index contributed by atoms with van der Waals surface area (Å²) in [5.41, 5.74) is 4.61. The number of nitrogens with zero attached hydrogens (tertiary/aromatic N) is 3. The highest BCUT2D eigenvalue weighted by Crippen LogP contribution is 2.22. The van der Waals surface area contributed by atoms with Crippen molar-refractivity contribution in [3.63, 3.8) is 0 Å². The first kappa shape index (κ1) is 16.0. The number of hydrogen-bond donors (Lipinski definition) is 1. The third kappa shape index (κ3) is 3.78. The van der Waals surface area contributed by atoms with Crippen molar-refractivity contribution in [2.75, 3.05) is 6.54 Å². The Kier molecular flexibility index (Phi) is 4.59. The smallest absolute Gasteiger partial charge is 0.135 e. The molecule has 0 saturated heterocycles. The van der Waals surface area contributed by atoms with E-state index in [1.165, 1.54) is 11.1 Å². The molecule has 3 aromatic rings. The van der Waals surface area contributed by atoms with Crippen molar-refractivity contribution in [1.82, 2.24) is 19.9 Å². The minimum Gasteiger partial charge on any atom is -0.367 e. The molecule has 1 N–H and O–H groups in total. The molecule has 4 rings (SSSR count). The van der Waals surface area contributed by atoms with Gasteiger partial charge in [0.15, 0.2) is 0 Å². The number of ether oxygens (including phenoxy) is 1. The summed E-state index contributed by atoms with van der Waals surface area (Å²) >= 11 is 0. The highest BCUT2D eigenvalue weighted by atomic mass is 16.5. The van der Waals surface area contributed by atoms with Crippen molar-refractivity contribution in [2.45, 2.75) is 32.7 Å². The van der Waals surface area contributed by atoms with Crippen molar-refractivity contribution in [3.05, 3.63) is 71.9 Å². The number of hydrogen-bond acceptors (Lipinski definition) is 4. The van der Waals surface area contributed by atoms with Gasteiger partial charge >= 0.3 is 0 Å². The van der Waals surface area contributed by atoms with Gasteiger partial charge in [-0.05, 0) is 18.6 Å². The van der Waals surface area contributed by atoms with E-state index in [0.29, 0.717) is 6.61 Å². The SMILES string of the molecule is Cc1ccc(-c2cn3c(n2)CO[C@@H](CNCc2cccnc2)C3)cc1. The highest BCUT2D eigenvalue weighted by Gasteiger charge is 2.21. The Labute approximate surface area is 147 Å². The molecule has 0 aliphatic carbocycles. The molecule has 0 saturated carbocycles. The van der Waals surface area contributed by atoms with Crippen LogP contribution in [-0.4, -0.2) is 27.2 Å². The second kappa shape index (κ2) is 7.17. The zero-order valence-electron chi connectivity index (χ0n) is 14.4. The summed E-state index contributed by atoms with van der Waals surface area (Å²) in [7, 11) is 0. The largest absolute Gasteiger partial charge is 0.367 e. The molecule has 0 amide bonds. The Morgan fingerprint density at radius 3 is 2.92 bits per heavy atom. The molecule has 0 bridgehead atoms. The average molecular weight is 334 g/mol. The molecule has 5 heteroatoms. The fraction of sp³-hybridized carbons (Fsp3) is 0.300. The summed E-state index contributed by atoms with van der Waals surface area (Å²) in [4.78, 5) is 8.86. The summed E-state index contributed by atoms with van der Waals surface area (Å²) in [6, 6.07) is 12.5. The Morgan fingerprint density at radius 2 is 2.12 bits per heavy atom. The first-order chi connectivity index (χ1) is 12.3. The topological polar surface area (TPSA) is 52.0 Å². The van der Waals surface area contributed by atoms with Crippen LogP contribution >= 0.6 is 0 Å². The van der Waals surface area contributed by atoms with Crippen molar-refractivity contribution in [1.29, 1.82) is 0 Å². The van der Waals surface area contributed by atoms with Gasteiger partial charge < -0.3 is 14.6 Å². The maximum Gasteiger partial charge on any atom is 0.135 e. The second-order valence-corrected chi connectivity index (χ2v) is 6.49. The van der Waals surface area contributed by atoms with E-state index in [1.54, 1.807) is 6.20 Å². The molecule has 2 aromatic heterocycles. The van der Waals surface area contributed by atoms with Crippen LogP contribution in [0.2, 0.25) is 0 Å². The van der Waals surface area contributed by atoms with E-state index in [2.05, 4.69) is 58.3 Å². The van der Waals surface area contributed by atoms with Crippen LogP contribution in [0.3, 0.4) is 0 Å². The lowest BCUT2D eigenvalue weighted by atomic mass is 10.1. The van der Waals surface area contributed by atoms with E-state index in [4.69, 9.17) is 9.72 Å². The van der Waals surface area contributed by atoms with E-state index < -0.39 is 0 Å². The van der Waals surface area contributed by atoms with Crippen LogP contribution < -0.4 is 5.32 Å². The van der Waals surface area contributed by atoms with Gasteiger partial charge in [-0.2, -0.15) is 0 Å². The summed E-state index contributed by atoms with van der Waals surface area (Å²) in [5, 5.41) is 3.45. The number of imidazole rings is 1. The van der Waals surface area contributed by atoms with E-state index in [0.717, 1.165) is 36.7 Å². The predicted molar refractivity (Wildman–Crippen MR) is 96.9 cm³/mol. The Bertz CT molecular complexity index is 827. The van der Waals surface area contributed by atoms with E-state index >= 15 is 0 Å². The van der Waals surface area contributed by atoms with Gasteiger partial charge in [-0.15, -0.1) is 0 Å². The van der Waals surface area contributed by atoms with Crippen LogP contribution in [0.25, 0.3) is 11.3 Å². The number of benzene rings is 1. The van der Waals surface area contributed by atoms with Crippen LogP contribution in [0, 0.1) is 6.92 Å². The third-order valence-electron chi connectivity index (χ3n) is 4.48. The maximum absolute atomic E-state index is 5.95. The predicted octanol–water partition coefficient (Wildman–Crippen LogP) is 2.94. The van der Waals surface area contributed by atoms with Crippen LogP contribution in [0.15, 0.2) is 55.0 Å². The molecule has 25 heavy (non-hydrogen) atoms. The summed E-state index contributed by atoms with van der Waals surface area (Å²) < 4.78 is 8.17. The lowest BCUT2D eigenvalue weighted by Crippen LogP contribution is -2.35. The number of fused-ring (bicyclic) bond motifs is 1. The molecule has 5 nitrogen and oxygen atoms in total. The maximum atomic E-state index is 5.95. The number of aromatic nitrogens is 3. The summed E-state index contributed by atoms with van der Waals surface area (Å²) in [6.45, 7) is 5.10. The molecule has 1 aliphatic heterocycles. The van der Waals surface area contributed by atoms with Gasteiger partial charge in [-0.3, -0.25) is 4.98 Å². The molecule has 128 valence electrons. The summed E-state index contributed by atoms with van der Waals surface area (Å²) in [5.74, 6) is 0.999. The second-order valence-electron chi connectivity index (χ2n) is 6.49. The number of rotatable bonds is 5. The fourth-order valence-corrected chi connectivity index (χ4v) is 3.06. The zero-order chi connectivity index (χ0) is 17.1. The van der Waals surface area contributed by atoms with Gasteiger partial charge in [-0.1, -0.05) is 35.9 Å².